The zero-order valence-corrected chi connectivity index (χ0v) is 16.2. The van der Waals surface area contributed by atoms with E-state index in [0.717, 1.165) is 30.5 Å². The average Bonchev–Trinajstić information content (AvgIpc) is 2.60. The number of hydrogen-bond donors (Lipinski definition) is 0. The molecule has 0 saturated heterocycles. The maximum absolute atomic E-state index is 12.6. The lowest BCUT2D eigenvalue weighted by Gasteiger charge is -2.20. The van der Waals surface area contributed by atoms with Gasteiger partial charge in [0.15, 0.2) is 5.78 Å². The summed E-state index contributed by atoms with van der Waals surface area (Å²) in [5.74, 6) is 0.202. The van der Waals surface area contributed by atoms with Crippen LogP contribution in [0.2, 0.25) is 0 Å². The van der Waals surface area contributed by atoms with Gasteiger partial charge in [-0.3, -0.25) is 4.79 Å². The molecular formula is C22H10Br2O. The summed E-state index contributed by atoms with van der Waals surface area (Å²) in [4.78, 5) is 12.6. The van der Waals surface area contributed by atoms with E-state index in [1.165, 1.54) is 32.3 Å². The molecular weight excluding hydrogens is 440 g/mol. The summed E-state index contributed by atoms with van der Waals surface area (Å²) >= 11 is 7.45. The SMILES string of the molecule is O=C1CC=c2c(Br)cc3cc4cccc5c(Br)cc6cc1c2c3c6c45. The van der Waals surface area contributed by atoms with Crippen LogP contribution in [-0.4, -0.2) is 5.78 Å². The van der Waals surface area contributed by atoms with Gasteiger partial charge in [0, 0.05) is 26.3 Å². The number of carbonyl (C=O) groups excluding carboxylic acids is 1. The van der Waals surface area contributed by atoms with Crippen LogP contribution in [0.25, 0.3) is 49.2 Å². The van der Waals surface area contributed by atoms with Gasteiger partial charge in [-0.2, -0.15) is 0 Å². The number of ketones is 1. The van der Waals surface area contributed by atoms with E-state index in [2.05, 4.69) is 80.4 Å². The average molecular weight is 450 g/mol. The fourth-order valence-corrected chi connectivity index (χ4v) is 5.63. The highest BCUT2D eigenvalue weighted by Gasteiger charge is 2.22. The van der Waals surface area contributed by atoms with Gasteiger partial charge in [-0.05, 0) is 67.2 Å². The van der Waals surface area contributed by atoms with E-state index in [1.54, 1.807) is 0 Å². The summed E-state index contributed by atoms with van der Waals surface area (Å²) in [6, 6.07) is 15.1. The van der Waals surface area contributed by atoms with E-state index in [9.17, 15) is 4.79 Å². The maximum Gasteiger partial charge on any atom is 0.167 e. The molecule has 6 rings (SSSR count). The van der Waals surface area contributed by atoms with E-state index in [1.807, 2.05) is 0 Å². The highest BCUT2D eigenvalue weighted by molar-refractivity contribution is 9.11. The number of halogens is 2. The second-order valence-corrected chi connectivity index (χ2v) is 8.45. The number of carbonyl (C=O) groups is 1. The first-order valence-electron chi connectivity index (χ1n) is 8.19. The number of hydrogen-bond acceptors (Lipinski definition) is 1. The van der Waals surface area contributed by atoms with Crippen molar-refractivity contribution >= 4 is 86.8 Å². The van der Waals surface area contributed by atoms with E-state index >= 15 is 0 Å². The molecule has 1 aliphatic rings. The Bertz CT molecular complexity index is 1450. The summed E-state index contributed by atoms with van der Waals surface area (Å²) in [5, 5.41) is 10.8. The van der Waals surface area contributed by atoms with Crippen LogP contribution >= 0.6 is 31.9 Å². The molecule has 0 unspecified atom stereocenters. The first kappa shape index (κ1) is 14.2. The minimum Gasteiger partial charge on any atom is -0.294 e. The van der Waals surface area contributed by atoms with Crippen molar-refractivity contribution in [2.75, 3.05) is 0 Å². The molecule has 118 valence electrons. The second-order valence-electron chi connectivity index (χ2n) is 6.74. The Morgan fingerprint density at radius 2 is 1.52 bits per heavy atom. The second kappa shape index (κ2) is 4.60. The highest BCUT2D eigenvalue weighted by Crippen LogP contribution is 2.43. The van der Waals surface area contributed by atoms with E-state index in [-0.39, 0.29) is 5.78 Å². The predicted molar refractivity (Wildman–Crippen MR) is 112 cm³/mol. The van der Waals surface area contributed by atoms with Gasteiger partial charge < -0.3 is 0 Å². The lowest BCUT2D eigenvalue weighted by atomic mass is 9.84. The molecule has 5 aromatic carbocycles. The van der Waals surface area contributed by atoms with Crippen molar-refractivity contribution in [3.63, 3.8) is 0 Å². The molecule has 0 N–H and O–H groups in total. The Morgan fingerprint density at radius 1 is 0.760 bits per heavy atom. The molecule has 0 spiro atoms. The maximum atomic E-state index is 12.6. The van der Waals surface area contributed by atoms with Crippen LogP contribution in [-0.2, 0) is 0 Å². The zero-order chi connectivity index (χ0) is 16.9. The lowest BCUT2D eigenvalue weighted by molar-refractivity contribution is 0.1000. The third-order valence-electron chi connectivity index (χ3n) is 5.44. The molecule has 0 heterocycles. The molecule has 0 fully saturated rings. The Balaban J connectivity index is 2.11. The largest absolute Gasteiger partial charge is 0.294 e. The van der Waals surface area contributed by atoms with Crippen LogP contribution in [0, 0.1) is 0 Å². The predicted octanol–water partition coefficient (Wildman–Crippen LogP) is 6.35. The van der Waals surface area contributed by atoms with Crippen molar-refractivity contribution in [2.24, 2.45) is 0 Å². The van der Waals surface area contributed by atoms with Crippen LogP contribution in [0.15, 0.2) is 51.4 Å². The molecule has 0 atom stereocenters. The molecule has 0 saturated carbocycles. The fourth-order valence-electron chi connectivity index (χ4n) is 4.45. The van der Waals surface area contributed by atoms with Crippen molar-refractivity contribution in [1.29, 1.82) is 0 Å². The van der Waals surface area contributed by atoms with Crippen molar-refractivity contribution in [3.05, 3.63) is 62.2 Å². The van der Waals surface area contributed by atoms with E-state index < -0.39 is 0 Å². The molecule has 1 nitrogen and oxygen atoms in total. The Hall–Kier alpha value is -1.97. The topological polar surface area (TPSA) is 17.1 Å². The number of benzene rings is 5. The van der Waals surface area contributed by atoms with Crippen molar-refractivity contribution in [2.45, 2.75) is 6.42 Å². The smallest absolute Gasteiger partial charge is 0.167 e. The molecule has 0 amide bonds. The molecule has 1 aliphatic carbocycles. The lowest BCUT2D eigenvalue weighted by Crippen LogP contribution is -2.16. The van der Waals surface area contributed by atoms with Crippen LogP contribution in [0.4, 0.5) is 0 Å². The summed E-state index contributed by atoms with van der Waals surface area (Å²) in [7, 11) is 0. The van der Waals surface area contributed by atoms with Gasteiger partial charge in [-0.15, -0.1) is 0 Å². The van der Waals surface area contributed by atoms with Crippen molar-refractivity contribution < 1.29 is 4.79 Å². The van der Waals surface area contributed by atoms with Crippen LogP contribution in [0.3, 0.4) is 0 Å². The zero-order valence-electron chi connectivity index (χ0n) is 13.0. The molecule has 3 heteroatoms. The molecule has 0 aromatic heterocycles. The Morgan fingerprint density at radius 3 is 2.40 bits per heavy atom. The van der Waals surface area contributed by atoms with Crippen molar-refractivity contribution in [3.8, 4) is 0 Å². The quantitative estimate of drug-likeness (QED) is 0.199. The molecule has 0 aliphatic heterocycles. The monoisotopic (exact) mass is 448 g/mol. The summed E-state index contributed by atoms with van der Waals surface area (Å²) in [6.45, 7) is 0. The Kier molecular flexibility index (Phi) is 2.62. The highest BCUT2D eigenvalue weighted by atomic mass is 79.9. The van der Waals surface area contributed by atoms with Gasteiger partial charge in [-0.1, -0.05) is 56.1 Å². The minimum atomic E-state index is 0.202. The van der Waals surface area contributed by atoms with E-state index in [4.69, 9.17) is 0 Å². The first-order valence-corrected chi connectivity index (χ1v) is 9.77. The Labute approximate surface area is 159 Å². The van der Waals surface area contributed by atoms with Crippen molar-refractivity contribution in [1.82, 2.24) is 0 Å². The van der Waals surface area contributed by atoms with Gasteiger partial charge >= 0.3 is 0 Å². The third-order valence-corrected chi connectivity index (χ3v) is 6.76. The fraction of sp³-hybridized carbons (Fsp3) is 0.0455. The first-order chi connectivity index (χ1) is 12.1. The standard InChI is InChI=1S/C22H10Br2O/c23-16-9-12-7-15-18(25)5-4-14-17(24)8-11-6-10-2-1-3-13(16)19(10)20(12)21(11)22(14)15/h1-4,6-9H,5H2. The van der Waals surface area contributed by atoms with Crippen LogP contribution < -0.4 is 5.22 Å². The normalized spacial score (nSPS) is 14.2. The van der Waals surface area contributed by atoms with Crippen LogP contribution in [0.1, 0.15) is 16.8 Å². The van der Waals surface area contributed by atoms with Gasteiger partial charge in [-0.25, -0.2) is 0 Å². The molecule has 0 radical (unpaired) electrons. The third kappa shape index (κ3) is 1.66. The molecule has 5 aromatic rings. The minimum absolute atomic E-state index is 0.202. The van der Waals surface area contributed by atoms with Gasteiger partial charge in [0.2, 0.25) is 0 Å². The number of rotatable bonds is 0. The van der Waals surface area contributed by atoms with Gasteiger partial charge in [0.25, 0.3) is 0 Å². The van der Waals surface area contributed by atoms with Gasteiger partial charge in [0.1, 0.15) is 0 Å². The molecule has 0 bridgehead atoms. The number of Topliss-reactive ketones (excluding diaryl/α,β-unsaturated/α-hetero) is 1. The summed E-state index contributed by atoms with van der Waals surface area (Å²) in [6.07, 6.45) is 2.52. The summed E-state index contributed by atoms with van der Waals surface area (Å²) in [5.41, 5.74) is 0.849. The van der Waals surface area contributed by atoms with E-state index in [0.29, 0.717) is 6.42 Å². The summed E-state index contributed by atoms with van der Waals surface area (Å²) < 4.78 is 2.14. The van der Waals surface area contributed by atoms with Crippen LogP contribution in [0.5, 0.6) is 0 Å². The molecule has 25 heavy (non-hydrogen) atoms. The van der Waals surface area contributed by atoms with Gasteiger partial charge in [0.05, 0.1) is 0 Å².